The monoisotopic (exact) mass is 450 g/mol. The van der Waals surface area contributed by atoms with Crippen LogP contribution < -0.4 is 0 Å². The number of piperazine rings is 1. The molecule has 27 heavy (non-hydrogen) atoms. The molecule has 2 aromatic rings. The first-order valence-electron chi connectivity index (χ1n) is 9.19. The lowest BCUT2D eigenvalue weighted by Gasteiger charge is -2.46. The summed E-state index contributed by atoms with van der Waals surface area (Å²) in [6.45, 7) is 10.3. The molecule has 3 rings (SSSR count). The molecular formula is C21H27BrN2O2S. The third-order valence-electron chi connectivity index (χ3n) is 5.19. The number of aryl methyl sites for hydroxylation is 1. The smallest absolute Gasteiger partial charge is 0.243 e. The van der Waals surface area contributed by atoms with E-state index in [1.54, 1.807) is 16.4 Å². The number of halogens is 1. The van der Waals surface area contributed by atoms with Crippen molar-refractivity contribution in [3.05, 3.63) is 64.1 Å². The number of nitrogens with zero attached hydrogens (tertiary/aromatic N) is 2. The van der Waals surface area contributed by atoms with Crippen LogP contribution in [0.4, 0.5) is 0 Å². The number of benzene rings is 2. The second-order valence-electron chi connectivity index (χ2n) is 8.07. The van der Waals surface area contributed by atoms with E-state index in [0.717, 1.165) is 22.1 Å². The second kappa shape index (κ2) is 7.66. The van der Waals surface area contributed by atoms with Gasteiger partial charge in [-0.25, -0.2) is 8.42 Å². The molecule has 4 nitrogen and oxygen atoms in total. The van der Waals surface area contributed by atoms with Crippen LogP contribution >= 0.6 is 15.9 Å². The van der Waals surface area contributed by atoms with E-state index in [1.807, 2.05) is 43.3 Å². The Morgan fingerprint density at radius 1 is 1.04 bits per heavy atom. The van der Waals surface area contributed by atoms with Gasteiger partial charge in [-0.1, -0.05) is 46.3 Å². The number of hydrogen-bond acceptors (Lipinski definition) is 3. The van der Waals surface area contributed by atoms with Crippen molar-refractivity contribution in [2.45, 2.75) is 44.2 Å². The van der Waals surface area contributed by atoms with E-state index in [2.05, 4.69) is 41.6 Å². The Hall–Kier alpha value is -1.21. The van der Waals surface area contributed by atoms with Crippen LogP contribution in [0.25, 0.3) is 0 Å². The third-order valence-corrected chi connectivity index (χ3v) is 7.76. The van der Waals surface area contributed by atoms with E-state index in [4.69, 9.17) is 0 Å². The van der Waals surface area contributed by atoms with Crippen LogP contribution in [0.3, 0.4) is 0 Å². The second-order valence-corrected chi connectivity index (χ2v) is 10.8. The third kappa shape index (κ3) is 4.29. The Bertz CT molecular complexity index is 922. The molecule has 1 aliphatic heterocycles. The summed E-state index contributed by atoms with van der Waals surface area (Å²) in [7, 11) is -3.58. The Balaban J connectivity index is 2.06. The predicted molar refractivity (Wildman–Crippen MR) is 113 cm³/mol. The van der Waals surface area contributed by atoms with Gasteiger partial charge in [-0.3, -0.25) is 4.90 Å². The molecule has 6 heteroatoms. The standard InChI is InChI=1S/C21H27BrN2O2S/c1-16-8-5-6-11-20(16)27(25,26)24-13-12-23(21(2,3)4)15-19(24)17-9-7-10-18(22)14-17/h5-11,14,19H,12-13,15H2,1-4H3. The molecule has 0 bridgehead atoms. The summed E-state index contributed by atoms with van der Waals surface area (Å²) >= 11 is 3.53. The van der Waals surface area contributed by atoms with E-state index >= 15 is 0 Å². The molecule has 0 radical (unpaired) electrons. The fourth-order valence-corrected chi connectivity index (χ4v) is 5.86. The number of rotatable bonds is 3. The van der Waals surface area contributed by atoms with Crippen molar-refractivity contribution in [3.8, 4) is 0 Å². The van der Waals surface area contributed by atoms with Gasteiger partial charge < -0.3 is 0 Å². The van der Waals surface area contributed by atoms with E-state index < -0.39 is 10.0 Å². The van der Waals surface area contributed by atoms with Crippen LogP contribution in [0.1, 0.15) is 37.9 Å². The van der Waals surface area contributed by atoms with Crippen molar-refractivity contribution < 1.29 is 8.42 Å². The van der Waals surface area contributed by atoms with Gasteiger partial charge in [0.25, 0.3) is 0 Å². The molecular weight excluding hydrogens is 424 g/mol. The van der Waals surface area contributed by atoms with Gasteiger partial charge in [0.1, 0.15) is 0 Å². The van der Waals surface area contributed by atoms with Gasteiger partial charge in [-0.2, -0.15) is 4.31 Å². The highest BCUT2D eigenvalue weighted by Crippen LogP contribution is 2.35. The molecule has 146 valence electrons. The van der Waals surface area contributed by atoms with Crippen LogP contribution in [0.5, 0.6) is 0 Å². The molecule has 0 aliphatic carbocycles. The van der Waals surface area contributed by atoms with Crippen molar-refractivity contribution >= 4 is 26.0 Å². The SMILES string of the molecule is Cc1ccccc1S(=O)(=O)N1CCN(C(C)(C)C)CC1c1cccc(Br)c1. The topological polar surface area (TPSA) is 40.6 Å². The lowest BCUT2D eigenvalue weighted by molar-refractivity contribution is 0.0589. The van der Waals surface area contributed by atoms with Crippen LogP contribution in [0, 0.1) is 6.92 Å². The highest BCUT2D eigenvalue weighted by molar-refractivity contribution is 9.10. The average Bonchev–Trinajstić information content (AvgIpc) is 2.60. The predicted octanol–water partition coefficient (Wildman–Crippen LogP) is 4.60. The van der Waals surface area contributed by atoms with E-state index in [9.17, 15) is 8.42 Å². The van der Waals surface area contributed by atoms with E-state index in [0.29, 0.717) is 18.0 Å². The molecule has 0 spiro atoms. The quantitative estimate of drug-likeness (QED) is 0.685. The van der Waals surface area contributed by atoms with Gasteiger partial charge in [0.2, 0.25) is 10.0 Å². The average molecular weight is 451 g/mol. The van der Waals surface area contributed by atoms with Crippen LogP contribution in [0.2, 0.25) is 0 Å². The van der Waals surface area contributed by atoms with Gasteiger partial charge in [0.05, 0.1) is 10.9 Å². The Kier molecular flexibility index (Phi) is 5.82. The summed E-state index contributed by atoms with van der Waals surface area (Å²) in [5, 5.41) is 0. The molecule has 2 aromatic carbocycles. The van der Waals surface area contributed by atoms with Crippen LogP contribution in [-0.4, -0.2) is 42.8 Å². The molecule has 1 fully saturated rings. The molecule has 0 N–H and O–H groups in total. The normalized spacial score (nSPS) is 20.0. The lowest BCUT2D eigenvalue weighted by atomic mass is 9.99. The van der Waals surface area contributed by atoms with E-state index in [-0.39, 0.29) is 11.6 Å². The van der Waals surface area contributed by atoms with Crippen LogP contribution in [-0.2, 0) is 10.0 Å². The van der Waals surface area contributed by atoms with Crippen molar-refractivity contribution in [1.29, 1.82) is 0 Å². The molecule has 0 saturated carbocycles. The maximum atomic E-state index is 13.5. The molecule has 0 aromatic heterocycles. The summed E-state index contributed by atoms with van der Waals surface area (Å²) in [4.78, 5) is 2.76. The fourth-order valence-electron chi connectivity index (χ4n) is 3.62. The first-order valence-corrected chi connectivity index (χ1v) is 11.4. The number of sulfonamides is 1. The zero-order chi connectivity index (χ0) is 19.8. The summed E-state index contributed by atoms with van der Waals surface area (Å²) in [6.07, 6.45) is 0. The summed E-state index contributed by atoms with van der Waals surface area (Å²) < 4.78 is 29.7. The Morgan fingerprint density at radius 2 is 1.74 bits per heavy atom. The molecule has 0 amide bonds. The molecule has 1 heterocycles. The van der Waals surface area contributed by atoms with Gasteiger partial charge in [0.15, 0.2) is 0 Å². The molecule has 1 aliphatic rings. The van der Waals surface area contributed by atoms with Gasteiger partial charge in [-0.15, -0.1) is 0 Å². The Labute approximate surface area is 171 Å². The highest BCUT2D eigenvalue weighted by Gasteiger charge is 2.40. The van der Waals surface area contributed by atoms with Crippen molar-refractivity contribution in [1.82, 2.24) is 9.21 Å². The first kappa shape index (κ1) is 20.5. The minimum atomic E-state index is -3.58. The summed E-state index contributed by atoms with van der Waals surface area (Å²) in [5.74, 6) is 0. The summed E-state index contributed by atoms with van der Waals surface area (Å²) in [6, 6.07) is 15.0. The lowest BCUT2D eigenvalue weighted by Crippen LogP contribution is -2.55. The molecule has 1 atom stereocenters. The summed E-state index contributed by atoms with van der Waals surface area (Å²) in [5.41, 5.74) is 1.78. The molecule has 1 unspecified atom stereocenters. The molecule has 1 saturated heterocycles. The zero-order valence-electron chi connectivity index (χ0n) is 16.3. The largest absolute Gasteiger partial charge is 0.295 e. The highest BCUT2D eigenvalue weighted by atomic mass is 79.9. The van der Waals surface area contributed by atoms with Crippen molar-refractivity contribution in [2.24, 2.45) is 0 Å². The minimum absolute atomic E-state index is 0.0111. The van der Waals surface area contributed by atoms with Gasteiger partial charge in [0, 0.05) is 29.6 Å². The van der Waals surface area contributed by atoms with Crippen LogP contribution in [0.15, 0.2) is 57.9 Å². The maximum Gasteiger partial charge on any atom is 0.243 e. The first-order chi connectivity index (χ1) is 12.6. The maximum absolute atomic E-state index is 13.5. The van der Waals surface area contributed by atoms with Crippen molar-refractivity contribution in [2.75, 3.05) is 19.6 Å². The van der Waals surface area contributed by atoms with Gasteiger partial charge >= 0.3 is 0 Å². The number of hydrogen-bond donors (Lipinski definition) is 0. The minimum Gasteiger partial charge on any atom is -0.295 e. The fraction of sp³-hybridized carbons (Fsp3) is 0.429. The van der Waals surface area contributed by atoms with Crippen molar-refractivity contribution in [3.63, 3.8) is 0 Å². The van der Waals surface area contributed by atoms with E-state index in [1.165, 1.54) is 0 Å². The Morgan fingerprint density at radius 3 is 2.37 bits per heavy atom. The zero-order valence-corrected chi connectivity index (χ0v) is 18.7. The van der Waals surface area contributed by atoms with Gasteiger partial charge in [-0.05, 0) is 57.0 Å².